The van der Waals surface area contributed by atoms with Gasteiger partial charge in [0.05, 0.1) is 25.6 Å². The third kappa shape index (κ3) is 4.66. The van der Waals surface area contributed by atoms with Gasteiger partial charge in [-0.05, 0) is 28.8 Å². The number of ether oxygens (including phenoxy) is 1. The van der Waals surface area contributed by atoms with Gasteiger partial charge in [0.15, 0.2) is 0 Å². The smallest absolute Gasteiger partial charge is 0.309 e. The fraction of sp³-hybridized carbons (Fsp3) is 0.240. The van der Waals surface area contributed by atoms with Crippen LogP contribution in [0.4, 0.5) is 5.69 Å². The molecule has 4 nitrogen and oxygen atoms in total. The maximum atomic E-state index is 11.4. The van der Waals surface area contributed by atoms with Crippen LogP contribution < -0.4 is 5.32 Å². The van der Waals surface area contributed by atoms with Gasteiger partial charge in [-0.2, -0.15) is 0 Å². The fourth-order valence-electron chi connectivity index (χ4n) is 3.89. The molecule has 4 heteroatoms. The van der Waals surface area contributed by atoms with Gasteiger partial charge in [-0.25, -0.2) is 0 Å². The molecular weight excluding hydrogens is 360 g/mol. The zero-order valence-electron chi connectivity index (χ0n) is 16.6. The number of benzene rings is 3. The molecule has 148 valence electrons. The number of nitrogens with zero attached hydrogens (tertiary/aromatic N) is 1. The Kier molecular flexibility index (Phi) is 5.92. The number of methoxy groups -OCH3 is 1. The number of rotatable bonds is 7. The Morgan fingerprint density at radius 2 is 1.48 bits per heavy atom. The van der Waals surface area contributed by atoms with Crippen LogP contribution in [0.3, 0.4) is 0 Å². The Morgan fingerprint density at radius 1 is 0.931 bits per heavy atom. The molecular formula is C25H26N2O2. The summed E-state index contributed by atoms with van der Waals surface area (Å²) in [4.78, 5) is 13.9. The van der Waals surface area contributed by atoms with Crippen LogP contribution in [0.2, 0.25) is 0 Å². The summed E-state index contributed by atoms with van der Waals surface area (Å²) in [7, 11) is 1.42. The quantitative estimate of drug-likeness (QED) is 0.615. The molecule has 0 saturated carbocycles. The molecule has 3 aromatic rings. The first-order valence-electron chi connectivity index (χ1n) is 9.99. The lowest BCUT2D eigenvalue weighted by atomic mass is 9.93. The topological polar surface area (TPSA) is 41.6 Å². The fourth-order valence-corrected chi connectivity index (χ4v) is 3.89. The lowest BCUT2D eigenvalue weighted by molar-refractivity contribution is -0.139. The van der Waals surface area contributed by atoms with Crippen molar-refractivity contribution in [3.63, 3.8) is 0 Å². The third-order valence-electron chi connectivity index (χ3n) is 5.41. The first-order valence-corrected chi connectivity index (χ1v) is 9.99. The summed E-state index contributed by atoms with van der Waals surface area (Å²) in [5.74, 6) is -0.215. The average molecular weight is 386 g/mol. The minimum absolute atomic E-state index is 0.215. The van der Waals surface area contributed by atoms with Crippen molar-refractivity contribution >= 4 is 11.7 Å². The summed E-state index contributed by atoms with van der Waals surface area (Å²) in [5, 5.41) is 3.60. The van der Waals surface area contributed by atoms with Gasteiger partial charge in [0, 0.05) is 18.8 Å². The van der Waals surface area contributed by atoms with Crippen LogP contribution in [0.5, 0.6) is 0 Å². The highest BCUT2D eigenvalue weighted by Crippen LogP contribution is 2.33. The summed E-state index contributed by atoms with van der Waals surface area (Å²) in [6, 6.07) is 30.1. The van der Waals surface area contributed by atoms with Crippen LogP contribution in [-0.2, 0) is 16.0 Å². The molecule has 29 heavy (non-hydrogen) atoms. The SMILES string of the molecule is COC(=O)Cc1ccc(NC2CN(C(c3ccccc3)c3ccccc3)C2)cc1. The van der Waals surface area contributed by atoms with Crippen molar-refractivity contribution in [1.82, 2.24) is 4.90 Å². The van der Waals surface area contributed by atoms with Gasteiger partial charge < -0.3 is 10.1 Å². The van der Waals surface area contributed by atoms with Crippen molar-refractivity contribution in [3.8, 4) is 0 Å². The van der Waals surface area contributed by atoms with E-state index in [-0.39, 0.29) is 12.0 Å². The van der Waals surface area contributed by atoms with Gasteiger partial charge in [-0.15, -0.1) is 0 Å². The number of nitrogens with one attached hydrogen (secondary N) is 1. The largest absolute Gasteiger partial charge is 0.469 e. The predicted molar refractivity (Wildman–Crippen MR) is 116 cm³/mol. The highest BCUT2D eigenvalue weighted by Gasteiger charge is 2.33. The minimum Gasteiger partial charge on any atom is -0.469 e. The predicted octanol–water partition coefficient (Wildman–Crippen LogP) is 4.29. The molecule has 3 aromatic carbocycles. The van der Waals surface area contributed by atoms with Gasteiger partial charge >= 0.3 is 5.97 Å². The normalized spacial score (nSPS) is 14.4. The number of anilines is 1. The highest BCUT2D eigenvalue weighted by molar-refractivity contribution is 5.72. The summed E-state index contributed by atoms with van der Waals surface area (Å²) >= 11 is 0. The zero-order chi connectivity index (χ0) is 20.1. The van der Waals surface area contributed by atoms with E-state index in [9.17, 15) is 4.79 Å². The van der Waals surface area contributed by atoms with Crippen LogP contribution in [-0.4, -0.2) is 37.1 Å². The van der Waals surface area contributed by atoms with E-state index in [0.717, 1.165) is 24.3 Å². The second-order valence-electron chi connectivity index (χ2n) is 7.47. The lowest BCUT2D eigenvalue weighted by Gasteiger charge is -2.45. The second-order valence-corrected chi connectivity index (χ2v) is 7.47. The van der Waals surface area contributed by atoms with E-state index in [2.05, 4.69) is 70.9 Å². The lowest BCUT2D eigenvalue weighted by Crippen LogP contribution is -2.55. The molecule has 1 aliphatic rings. The third-order valence-corrected chi connectivity index (χ3v) is 5.41. The van der Waals surface area contributed by atoms with Gasteiger partial charge in [-0.3, -0.25) is 9.69 Å². The highest BCUT2D eigenvalue weighted by atomic mass is 16.5. The first kappa shape index (κ1) is 19.2. The van der Waals surface area contributed by atoms with E-state index in [0.29, 0.717) is 12.5 Å². The van der Waals surface area contributed by atoms with Crippen molar-refractivity contribution < 1.29 is 9.53 Å². The van der Waals surface area contributed by atoms with Crippen LogP contribution >= 0.6 is 0 Å². The molecule has 0 aliphatic carbocycles. The molecule has 0 amide bonds. The number of carbonyl (C=O) groups is 1. The molecule has 1 aliphatic heterocycles. The molecule has 1 saturated heterocycles. The first-order chi connectivity index (χ1) is 14.2. The van der Waals surface area contributed by atoms with Crippen LogP contribution in [0.1, 0.15) is 22.7 Å². The van der Waals surface area contributed by atoms with Crippen LogP contribution in [0.25, 0.3) is 0 Å². The molecule has 0 spiro atoms. The van der Waals surface area contributed by atoms with Gasteiger partial charge in [0.2, 0.25) is 0 Å². The molecule has 4 rings (SSSR count). The molecule has 1 heterocycles. The number of carbonyl (C=O) groups excluding carboxylic acids is 1. The van der Waals surface area contributed by atoms with Crippen LogP contribution in [0.15, 0.2) is 84.9 Å². The number of esters is 1. The van der Waals surface area contributed by atoms with E-state index in [1.54, 1.807) is 0 Å². The minimum atomic E-state index is -0.215. The van der Waals surface area contributed by atoms with Gasteiger partial charge in [0.25, 0.3) is 0 Å². The molecule has 0 radical (unpaired) electrons. The van der Waals surface area contributed by atoms with Crippen molar-refractivity contribution in [1.29, 1.82) is 0 Å². The van der Waals surface area contributed by atoms with E-state index < -0.39 is 0 Å². The van der Waals surface area contributed by atoms with Gasteiger partial charge in [-0.1, -0.05) is 72.8 Å². The average Bonchev–Trinajstić information content (AvgIpc) is 2.75. The van der Waals surface area contributed by atoms with Gasteiger partial charge in [0.1, 0.15) is 0 Å². The Labute approximate surface area is 172 Å². The monoisotopic (exact) mass is 386 g/mol. The summed E-state index contributed by atoms with van der Waals surface area (Å²) in [5.41, 5.74) is 4.69. The van der Waals surface area contributed by atoms with E-state index in [4.69, 9.17) is 4.74 Å². The maximum Gasteiger partial charge on any atom is 0.309 e. The van der Waals surface area contributed by atoms with Crippen molar-refractivity contribution in [2.45, 2.75) is 18.5 Å². The maximum absolute atomic E-state index is 11.4. The molecule has 1 N–H and O–H groups in total. The Bertz CT molecular complexity index is 881. The number of hydrogen-bond acceptors (Lipinski definition) is 4. The molecule has 0 atom stereocenters. The molecule has 0 unspecified atom stereocenters. The Balaban J connectivity index is 1.39. The summed E-state index contributed by atoms with van der Waals surface area (Å²) in [6.07, 6.45) is 0.309. The van der Waals surface area contributed by atoms with Crippen molar-refractivity contribution in [2.75, 3.05) is 25.5 Å². The summed E-state index contributed by atoms with van der Waals surface area (Å²) < 4.78 is 4.72. The molecule has 0 bridgehead atoms. The molecule has 0 aromatic heterocycles. The van der Waals surface area contributed by atoms with E-state index in [1.165, 1.54) is 18.2 Å². The van der Waals surface area contributed by atoms with E-state index >= 15 is 0 Å². The van der Waals surface area contributed by atoms with Crippen molar-refractivity contribution in [3.05, 3.63) is 102 Å². The van der Waals surface area contributed by atoms with Crippen LogP contribution in [0, 0.1) is 0 Å². The Hall–Kier alpha value is -3.11. The molecule has 1 fully saturated rings. The number of likely N-dealkylation sites (tertiary alicyclic amines) is 1. The zero-order valence-corrected chi connectivity index (χ0v) is 16.6. The Morgan fingerprint density at radius 3 is 2.00 bits per heavy atom. The summed E-state index contributed by atoms with van der Waals surface area (Å²) in [6.45, 7) is 1.97. The second kappa shape index (κ2) is 8.93. The van der Waals surface area contributed by atoms with Crippen molar-refractivity contribution in [2.24, 2.45) is 0 Å². The van der Waals surface area contributed by atoms with E-state index in [1.807, 2.05) is 24.3 Å². The number of hydrogen-bond donors (Lipinski definition) is 1. The standard InChI is InChI=1S/C25H26N2O2/c1-29-24(28)16-19-12-14-22(15-13-19)26-23-17-27(18-23)25(20-8-4-2-5-9-20)21-10-6-3-7-11-21/h2-15,23,25-26H,16-18H2,1H3.